The molecule has 1 rings (SSSR count). The van der Waals surface area contributed by atoms with Crippen molar-refractivity contribution in [2.75, 3.05) is 5.73 Å². The Morgan fingerprint density at radius 3 is 2.38 bits per heavy atom. The van der Waals surface area contributed by atoms with Gasteiger partial charge in [-0.2, -0.15) is 0 Å². The minimum atomic E-state index is -0.819. The highest BCUT2D eigenvalue weighted by atomic mass is 16.6. The first-order valence-electron chi connectivity index (χ1n) is 6.38. The molecule has 0 radical (unpaired) electrons. The van der Waals surface area contributed by atoms with E-state index in [9.17, 15) is 19.7 Å². The molecule has 21 heavy (non-hydrogen) atoms. The maximum atomic E-state index is 12.1. The number of nitrogens with zero attached hydrogens (tertiary/aromatic N) is 1. The fraction of sp³-hybridized carbons (Fsp3) is 0.385. The van der Waals surface area contributed by atoms with Crippen LogP contribution in [0.5, 0.6) is 0 Å². The highest BCUT2D eigenvalue weighted by molar-refractivity contribution is 6.02. The van der Waals surface area contributed by atoms with E-state index in [1.807, 2.05) is 0 Å². The summed E-state index contributed by atoms with van der Waals surface area (Å²) in [6, 6.07) is 3.18. The molecule has 8 heteroatoms. The van der Waals surface area contributed by atoms with Gasteiger partial charge in [-0.05, 0) is 32.9 Å². The number of nitro groups is 1. The number of amides is 2. The second-order valence-corrected chi connectivity index (χ2v) is 4.86. The Morgan fingerprint density at radius 1 is 1.24 bits per heavy atom. The largest absolute Gasteiger partial charge is 0.393 e. The summed E-state index contributed by atoms with van der Waals surface area (Å²) in [4.78, 5) is 34.1. The van der Waals surface area contributed by atoms with Gasteiger partial charge in [0, 0.05) is 6.04 Å². The zero-order chi connectivity index (χ0) is 16.2. The molecule has 1 unspecified atom stereocenters. The van der Waals surface area contributed by atoms with Crippen LogP contribution >= 0.6 is 0 Å². The monoisotopic (exact) mass is 294 g/mol. The van der Waals surface area contributed by atoms with Crippen LogP contribution in [0.25, 0.3) is 0 Å². The van der Waals surface area contributed by atoms with Crippen molar-refractivity contribution in [3.05, 3.63) is 33.9 Å². The molecule has 0 saturated carbocycles. The summed E-state index contributed by atoms with van der Waals surface area (Å²) in [7, 11) is 0. The molecule has 0 aliphatic rings. The molecule has 0 saturated heterocycles. The zero-order valence-electron chi connectivity index (χ0n) is 12.0. The van der Waals surface area contributed by atoms with Crippen molar-refractivity contribution in [3.8, 4) is 0 Å². The second kappa shape index (κ2) is 6.69. The number of carbonyl (C=O) groups excluding carboxylic acids is 2. The lowest BCUT2D eigenvalue weighted by Gasteiger charge is -2.16. The fourth-order valence-electron chi connectivity index (χ4n) is 1.70. The Bertz CT molecular complexity index is 571. The molecule has 0 aliphatic heterocycles. The lowest BCUT2D eigenvalue weighted by molar-refractivity contribution is -0.384. The van der Waals surface area contributed by atoms with Gasteiger partial charge < -0.3 is 16.4 Å². The maximum absolute atomic E-state index is 12.1. The predicted octanol–water partition coefficient (Wildman–Crippen LogP) is 0.820. The van der Waals surface area contributed by atoms with Crippen molar-refractivity contribution >= 4 is 23.2 Å². The molecular weight excluding hydrogens is 276 g/mol. The van der Waals surface area contributed by atoms with Crippen LogP contribution in [-0.4, -0.2) is 28.8 Å². The maximum Gasteiger partial charge on any atom is 0.304 e. The number of nitrogens with two attached hydrogens (primary N) is 1. The lowest BCUT2D eigenvalue weighted by atomic mass is 10.1. The smallest absolute Gasteiger partial charge is 0.304 e. The van der Waals surface area contributed by atoms with E-state index in [2.05, 4.69) is 10.6 Å². The van der Waals surface area contributed by atoms with Crippen molar-refractivity contribution in [2.24, 2.45) is 0 Å². The van der Waals surface area contributed by atoms with Gasteiger partial charge in [-0.1, -0.05) is 6.07 Å². The Morgan fingerprint density at radius 2 is 1.86 bits per heavy atom. The van der Waals surface area contributed by atoms with E-state index in [-0.39, 0.29) is 23.2 Å². The van der Waals surface area contributed by atoms with Crippen molar-refractivity contribution in [2.45, 2.75) is 32.9 Å². The van der Waals surface area contributed by atoms with Gasteiger partial charge in [-0.3, -0.25) is 19.7 Å². The third kappa shape index (κ3) is 4.16. The summed E-state index contributed by atoms with van der Waals surface area (Å²) in [5.74, 6) is -1.09. The highest BCUT2D eigenvalue weighted by Crippen LogP contribution is 2.25. The molecule has 0 heterocycles. The van der Waals surface area contributed by atoms with Crippen molar-refractivity contribution in [3.63, 3.8) is 0 Å². The quantitative estimate of drug-likeness (QED) is 0.421. The molecule has 0 aliphatic carbocycles. The SMILES string of the molecule is CC(C)NC(=O)C(C)NC(=O)c1cccc(N)c1[N+](=O)[O-]. The minimum absolute atomic E-state index is 0.0708. The lowest BCUT2D eigenvalue weighted by Crippen LogP contribution is -2.46. The van der Waals surface area contributed by atoms with E-state index < -0.39 is 22.6 Å². The van der Waals surface area contributed by atoms with E-state index in [4.69, 9.17) is 5.73 Å². The molecule has 1 atom stereocenters. The average molecular weight is 294 g/mol. The predicted molar refractivity (Wildman–Crippen MR) is 77.7 cm³/mol. The van der Waals surface area contributed by atoms with Crippen LogP contribution < -0.4 is 16.4 Å². The minimum Gasteiger partial charge on any atom is -0.393 e. The number of hydrogen-bond donors (Lipinski definition) is 3. The Labute approximate surface area is 121 Å². The van der Waals surface area contributed by atoms with Gasteiger partial charge in [0.25, 0.3) is 5.91 Å². The van der Waals surface area contributed by atoms with Gasteiger partial charge in [-0.15, -0.1) is 0 Å². The number of para-hydroxylation sites is 1. The van der Waals surface area contributed by atoms with Crippen molar-refractivity contribution in [1.82, 2.24) is 10.6 Å². The number of benzene rings is 1. The summed E-state index contributed by atoms with van der Waals surface area (Å²) in [6.07, 6.45) is 0. The van der Waals surface area contributed by atoms with Gasteiger partial charge in [0.15, 0.2) is 0 Å². The second-order valence-electron chi connectivity index (χ2n) is 4.86. The first kappa shape index (κ1) is 16.4. The van der Waals surface area contributed by atoms with Crippen LogP contribution in [0, 0.1) is 10.1 Å². The average Bonchev–Trinajstić information content (AvgIpc) is 2.36. The van der Waals surface area contributed by atoms with Gasteiger partial charge in [0.1, 0.15) is 17.3 Å². The number of rotatable bonds is 5. The number of nitro benzene ring substituents is 1. The highest BCUT2D eigenvalue weighted by Gasteiger charge is 2.25. The molecule has 0 fully saturated rings. The first-order chi connectivity index (χ1) is 9.73. The molecular formula is C13H18N4O4. The summed E-state index contributed by atoms with van der Waals surface area (Å²) >= 11 is 0. The Hall–Kier alpha value is -2.64. The molecule has 1 aromatic rings. The molecule has 8 nitrogen and oxygen atoms in total. The number of nitrogen functional groups attached to an aromatic ring is 1. The number of hydrogen-bond acceptors (Lipinski definition) is 5. The first-order valence-corrected chi connectivity index (χ1v) is 6.38. The van der Waals surface area contributed by atoms with Crippen LogP contribution in [0.1, 0.15) is 31.1 Å². The Balaban J connectivity index is 2.93. The molecule has 2 amide bonds. The summed E-state index contributed by atoms with van der Waals surface area (Å²) in [5, 5.41) is 16.0. The molecule has 1 aromatic carbocycles. The number of carbonyl (C=O) groups is 2. The van der Waals surface area contributed by atoms with Crippen LogP contribution in [0.15, 0.2) is 18.2 Å². The third-order valence-electron chi connectivity index (χ3n) is 2.67. The number of nitrogens with one attached hydrogen (secondary N) is 2. The summed E-state index contributed by atoms with van der Waals surface area (Å²) in [6.45, 7) is 5.07. The molecule has 4 N–H and O–H groups in total. The van der Waals surface area contributed by atoms with Crippen LogP contribution in [0.3, 0.4) is 0 Å². The van der Waals surface area contributed by atoms with Gasteiger partial charge in [0.05, 0.1) is 4.92 Å². The van der Waals surface area contributed by atoms with Gasteiger partial charge in [-0.25, -0.2) is 0 Å². The van der Waals surface area contributed by atoms with E-state index in [0.29, 0.717) is 0 Å². The summed E-state index contributed by atoms with van der Waals surface area (Å²) in [5.41, 5.74) is 4.77. The molecule has 114 valence electrons. The standard InChI is InChI=1S/C13H18N4O4/c1-7(2)15-12(18)8(3)16-13(19)9-5-4-6-10(14)11(9)17(20)21/h4-8H,14H2,1-3H3,(H,15,18)(H,16,19). The fourth-order valence-corrected chi connectivity index (χ4v) is 1.70. The van der Waals surface area contributed by atoms with E-state index in [1.54, 1.807) is 13.8 Å². The van der Waals surface area contributed by atoms with Crippen LogP contribution in [-0.2, 0) is 4.79 Å². The molecule has 0 bridgehead atoms. The van der Waals surface area contributed by atoms with E-state index in [0.717, 1.165) is 0 Å². The topological polar surface area (TPSA) is 127 Å². The van der Waals surface area contributed by atoms with Gasteiger partial charge >= 0.3 is 5.69 Å². The summed E-state index contributed by atoms with van der Waals surface area (Å²) < 4.78 is 0. The third-order valence-corrected chi connectivity index (χ3v) is 2.67. The van der Waals surface area contributed by atoms with Crippen molar-refractivity contribution < 1.29 is 14.5 Å². The van der Waals surface area contributed by atoms with Crippen LogP contribution in [0.4, 0.5) is 11.4 Å². The Kier molecular flexibility index (Phi) is 5.23. The van der Waals surface area contributed by atoms with Crippen molar-refractivity contribution in [1.29, 1.82) is 0 Å². The van der Waals surface area contributed by atoms with E-state index in [1.165, 1.54) is 25.1 Å². The van der Waals surface area contributed by atoms with Crippen LogP contribution in [0.2, 0.25) is 0 Å². The number of anilines is 1. The van der Waals surface area contributed by atoms with Gasteiger partial charge in [0.2, 0.25) is 5.91 Å². The zero-order valence-corrected chi connectivity index (χ0v) is 12.0. The molecule has 0 aromatic heterocycles. The molecule has 0 spiro atoms. The normalized spacial score (nSPS) is 11.8. The van der Waals surface area contributed by atoms with E-state index >= 15 is 0 Å².